The molecule has 30 heavy (non-hydrogen) atoms. The highest BCUT2D eigenvalue weighted by Gasteiger charge is 2.64. The minimum atomic E-state index is -0.763. The van der Waals surface area contributed by atoms with Crippen LogP contribution in [0.15, 0.2) is 35.7 Å². The first-order valence-electron chi connectivity index (χ1n) is 10.7. The number of carbonyl (C=O) groups excluding carboxylic acids is 3. The maximum Gasteiger partial charge on any atom is 0.303 e. The second-order valence-electron chi connectivity index (χ2n) is 10.0. The van der Waals surface area contributed by atoms with Crippen LogP contribution in [0.2, 0.25) is 0 Å². The van der Waals surface area contributed by atoms with E-state index in [0.29, 0.717) is 12.0 Å². The zero-order chi connectivity index (χ0) is 22.0. The molecule has 0 aliphatic heterocycles. The predicted octanol–water partition coefficient (Wildman–Crippen LogP) is 3.33. The van der Waals surface area contributed by atoms with Crippen molar-refractivity contribution in [3.8, 4) is 0 Å². The largest absolute Gasteiger partial charge is 0.458 e. The van der Waals surface area contributed by atoms with Gasteiger partial charge in [0.25, 0.3) is 0 Å². The van der Waals surface area contributed by atoms with Crippen molar-refractivity contribution >= 4 is 17.5 Å². The number of halogens is 1. The molecule has 5 nitrogen and oxygen atoms in total. The first-order valence-corrected chi connectivity index (χ1v) is 10.7. The molecule has 0 unspecified atom stereocenters. The van der Waals surface area contributed by atoms with E-state index in [2.05, 4.69) is 0 Å². The van der Waals surface area contributed by atoms with Crippen LogP contribution < -0.4 is 0 Å². The van der Waals surface area contributed by atoms with Gasteiger partial charge in [0.05, 0.1) is 6.10 Å². The molecule has 0 amide bonds. The number of hydrogen-bond donors (Lipinski definition) is 1. The molecule has 0 heterocycles. The normalized spacial score (nSPS) is 44.4. The van der Waals surface area contributed by atoms with Crippen molar-refractivity contribution in [3.63, 3.8) is 0 Å². The molecular weight excluding hydrogens is 387 g/mol. The lowest BCUT2D eigenvalue weighted by Crippen LogP contribution is -2.55. The molecule has 2 fully saturated rings. The number of Topliss-reactive ketones (excluding diaryl/α,β-unsaturated/α-hetero) is 1. The maximum absolute atomic E-state index is 15.2. The van der Waals surface area contributed by atoms with Gasteiger partial charge in [0, 0.05) is 29.7 Å². The molecular formula is C24H29FO5. The highest BCUT2D eigenvalue weighted by Crippen LogP contribution is 2.66. The fourth-order valence-corrected chi connectivity index (χ4v) is 7.18. The lowest BCUT2D eigenvalue weighted by molar-refractivity contribution is -0.151. The number of esters is 1. The van der Waals surface area contributed by atoms with Crippen molar-refractivity contribution in [1.82, 2.24) is 0 Å². The molecule has 4 rings (SSSR count). The molecule has 0 aromatic heterocycles. The Hall–Kier alpha value is -2.08. The Labute approximate surface area is 176 Å². The number of ketones is 2. The summed E-state index contributed by atoms with van der Waals surface area (Å²) in [6.45, 7) is 6.91. The summed E-state index contributed by atoms with van der Waals surface area (Å²) in [4.78, 5) is 36.0. The van der Waals surface area contributed by atoms with E-state index < -0.39 is 28.7 Å². The smallest absolute Gasteiger partial charge is 0.303 e. The van der Waals surface area contributed by atoms with Crippen LogP contribution in [0.3, 0.4) is 0 Å². The SMILES string of the molecule is CC(=O)OCC(=O)[C@H]1[C@H](C)C[C@H]2[C@@H]3C=C(F)C4=CC(=O)C=C[C@]4(C)[C@H]3[C@@H](O)C[C@@]21C. The fraction of sp³-hybridized carbons (Fsp3) is 0.625. The molecule has 0 spiro atoms. The van der Waals surface area contributed by atoms with Crippen LogP contribution in [0, 0.1) is 40.4 Å². The van der Waals surface area contributed by atoms with Crippen molar-refractivity contribution < 1.29 is 28.6 Å². The monoisotopic (exact) mass is 416 g/mol. The average Bonchev–Trinajstić information content (AvgIpc) is 2.91. The van der Waals surface area contributed by atoms with Gasteiger partial charge in [-0.3, -0.25) is 14.4 Å². The standard InChI is InChI=1S/C24H29FO5/c1-12-7-16-15-9-18(25)17-8-14(27)5-6-23(17,3)22(15)19(28)10-24(16,4)21(12)20(29)11-30-13(2)26/h5-6,8-9,12,15-16,19,21-22,28H,7,10-11H2,1-4H3/t12-,15+,16+,19+,21-,22-,23+,24+/m1/s1. The lowest BCUT2D eigenvalue weighted by Gasteiger charge is -2.56. The summed E-state index contributed by atoms with van der Waals surface area (Å²) in [7, 11) is 0. The van der Waals surface area contributed by atoms with Crippen LogP contribution in [0.5, 0.6) is 0 Å². The topological polar surface area (TPSA) is 80.7 Å². The van der Waals surface area contributed by atoms with Gasteiger partial charge >= 0.3 is 5.97 Å². The molecule has 8 atom stereocenters. The summed E-state index contributed by atoms with van der Waals surface area (Å²) in [5.41, 5.74) is -0.937. The molecule has 162 valence electrons. The lowest BCUT2D eigenvalue weighted by atomic mass is 9.48. The van der Waals surface area contributed by atoms with Crippen molar-refractivity contribution in [2.45, 2.75) is 46.6 Å². The Morgan fingerprint density at radius 3 is 2.70 bits per heavy atom. The van der Waals surface area contributed by atoms with Crippen molar-refractivity contribution in [2.75, 3.05) is 6.61 Å². The third kappa shape index (κ3) is 2.95. The van der Waals surface area contributed by atoms with E-state index >= 15 is 4.39 Å². The molecule has 6 heteroatoms. The second kappa shape index (κ2) is 6.98. The third-order valence-electron chi connectivity index (χ3n) is 8.21. The number of fused-ring (bicyclic) bond motifs is 5. The summed E-state index contributed by atoms with van der Waals surface area (Å²) >= 11 is 0. The third-order valence-corrected chi connectivity index (χ3v) is 8.21. The number of aliphatic hydroxyl groups excluding tert-OH is 1. The van der Waals surface area contributed by atoms with Gasteiger partial charge in [-0.2, -0.15) is 0 Å². The highest BCUT2D eigenvalue weighted by atomic mass is 19.1. The number of aliphatic hydroxyl groups is 1. The van der Waals surface area contributed by atoms with Crippen LogP contribution in [-0.4, -0.2) is 35.4 Å². The maximum atomic E-state index is 15.2. The average molecular weight is 416 g/mol. The molecule has 4 aliphatic carbocycles. The van der Waals surface area contributed by atoms with Gasteiger partial charge in [-0.05, 0) is 54.2 Å². The zero-order valence-electron chi connectivity index (χ0n) is 17.9. The summed E-state index contributed by atoms with van der Waals surface area (Å²) in [5, 5.41) is 11.3. The van der Waals surface area contributed by atoms with Crippen molar-refractivity contribution in [2.24, 2.45) is 40.4 Å². The minimum Gasteiger partial charge on any atom is -0.458 e. The number of allylic oxidation sites excluding steroid dienone is 6. The molecule has 1 N–H and O–H groups in total. The van der Waals surface area contributed by atoms with Gasteiger partial charge < -0.3 is 9.84 Å². The molecule has 0 radical (unpaired) electrons. The molecule has 2 saturated carbocycles. The van der Waals surface area contributed by atoms with Gasteiger partial charge in [0.15, 0.2) is 11.6 Å². The Balaban J connectivity index is 1.73. The number of rotatable bonds is 3. The molecule has 0 bridgehead atoms. The Morgan fingerprint density at radius 2 is 2.03 bits per heavy atom. The second-order valence-corrected chi connectivity index (χ2v) is 10.0. The molecule has 0 aromatic carbocycles. The van der Waals surface area contributed by atoms with Gasteiger partial charge in [0.2, 0.25) is 0 Å². The molecule has 4 aliphatic rings. The quantitative estimate of drug-likeness (QED) is 0.714. The van der Waals surface area contributed by atoms with Crippen LogP contribution >= 0.6 is 0 Å². The van der Waals surface area contributed by atoms with Gasteiger partial charge in [-0.1, -0.05) is 26.8 Å². The first-order chi connectivity index (χ1) is 14.0. The van der Waals surface area contributed by atoms with Crippen molar-refractivity contribution in [1.29, 1.82) is 0 Å². The van der Waals surface area contributed by atoms with Crippen LogP contribution in [-0.2, 0) is 19.1 Å². The van der Waals surface area contributed by atoms with Crippen LogP contribution in [0.1, 0.15) is 40.5 Å². The summed E-state index contributed by atoms with van der Waals surface area (Å²) in [5.74, 6) is -2.09. The van der Waals surface area contributed by atoms with E-state index in [9.17, 15) is 19.5 Å². The summed E-state index contributed by atoms with van der Waals surface area (Å²) in [6.07, 6.45) is 6.51. The van der Waals surface area contributed by atoms with E-state index in [1.54, 1.807) is 12.2 Å². The Morgan fingerprint density at radius 1 is 1.33 bits per heavy atom. The molecule has 0 aromatic rings. The van der Waals surface area contributed by atoms with Gasteiger partial charge in [-0.25, -0.2) is 4.39 Å². The molecule has 0 saturated heterocycles. The van der Waals surface area contributed by atoms with Crippen LogP contribution in [0.4, 0.5) is 4.39 Å². The van der Waals surface area contributed by atoms with Gasteiger partial charge in [0.1, 0.15) is 12.4 Å². The predicted molar refractivity (Wildman–Crippen MR) is 108 cm³/mol. The summed E-state index contributed by atoms with van der Waals surface area (Å²) < 4.78 is 20.1. The van der Waals surface area contributed by atoms with Gasteiger partial charge in [-0.15, -0.1) is 0 Å². The summed E-state index contributed by atoms with van der Waals surface area (Å²) in [6, 6.07) is 0. The number of hydrogen-bond acceptors (Lipinski definition) is 5. The number of ether oxygens (including phenoxy) is 1. The Kier molecular flexibility index (Phi) is 4.92. The minimum absolute atomic E-state index is 0.0160. The van der Waals surface area contributed by atoms with E-state index in [0.717, 1.165) is 6.42 Å². The van der Waals surface area contributed by atoms with E-state index in [1.165, 1.54) is 19.1 Å². The number of carbonyl (C=O) groups is 3. The van der Waals surface area contributed by atoms with E-state index in [1.807, 2.05) is 20.8 Å². The first kappa shape index (κ1) is 21.2. The fourth-order valence-electron chi connectivity index (χ4n) is 7.18. The van der Waals surface area contributed by atoms with E-state index in [4.69, 9.17) is 4.74 Å². The Bertz CT molecular complexity index is 901. The van der Waals surface area contributed by atoms with E-state index in [-0.39, 0.29) is 47.8 Å². The van der Waals surface area contributed by atoms with Crippen LogP contribution in [0.25, 0.3) is 0 Å². The highest BCUT2D eigenvalue weighted by molar-refractivity contribution is 6.01. The zero-order valence-corrected chi connectivity index (χ0v) is 17.9. The van der Waals surface area contributed by atoms with Crippen molar-refractivity contribution in [3.05, 3.63) is 35.7 Å².